The number of hydrogen-bond donors (Lipinski definition) is 3. The third-order valence-corrected chi connectivity index (χ3v) is 6.23. The van der Waals surface area contributed by atoms with E-state index >= 15 is 0 Å². The number of aromatic amines is 1. The molecule has 8 heteroatoms. The Bertz CT molecular complexity index is 1230. The zero-order chi connectivity index (χ0) is 24.0. The minimum Gasteiger partial charge on any atom is -0.330 e. The summed E-state index contributed by atoms with van der Waals surface area (Å²) in [4.78, 5) is 19.3. The highest BCUT2D eigenvalue weighted by molar-refractivity contribution is 7.71. The predicted octanol–water partition coefficient (Wildman–Crippen LogP) is 5.85. The number of piperidine rings is 1. The maximum Gasteiger partial charge on any atom is 0.222 e. The van der Waals surface area contributed by atoms with Crippen LogP contribution in [0.25, 0.3) is 22.5 Å². The number of H-pyrrole nitrogens is 1. The number of carbonyl (C=O) groups is 1. The second-order valence-electron chi connectivity index (χ2n) is 10.1. The first-order valence-electron chi connectivity index (χ1n) is 11.1. The van der Waals surface area contributed by atoms with Crippen molar-refractivity contribution in [3.05, 3.63) is 53.2 Å². The molecule has 0 saturated carbocycles. The summed E-state index contributed by atoms with van der Waals surface area (Å²) in [7, 11) is 0. The Balaban J connectivity index is 1.93. The van der Waals surface area contributed by atoms with Crippen molar-refractivity contribution in [3.63, 3.8) is 0 Å². The van der Waals surface area contributed by atoms with Crippen LogP contribution in [-0.2, 0) is 4.79 Å². The van der Waals surface area contributed by atoms with Gasteiger partial charge in [-0.05, 0) is 89.2 Å². The number of pyridine rings is 1. The standard InChI is InChI=1S/C25H30FN5OS/c1-15(32)28-20-12-17(10-11-27-20)22-21(16-6-8-18(26)9-7-16)29-23(33)31(22)19-13-24(2,3)30-25(4,5)14-19/h6-12,19,30H,13-14H2,1-5H3,(H,29,33)(H,27,28,32). The maximum atomic E-state index is 13.7. The summed E-state index contributed by atoms with van der Waals surface area (Å²) < 4.78 is 16.5. The summed E-state index contributed by atoms with van der Waals surface area (Å²) in [6, 6.07) is 10.3. The first kappa shape index (κ1) is 23.3. The number of nitrogens with one attached hydrogen (secondary N) is 3. The first-order chi connectivity index (χ1) is 15.4. The summed E-state index contributed by atoms with van der Waals surface area (Å²) in [5.74, 6) is -0.0158. The zero-order valence-electron chi connectivity index (χ0n) is 19.6. The Morgan fingerprint density at radius 3 is 2.36 bits per heavy atom. The number of hydrogen-bond acceptors (Lipinski definition) is 4. The van der Waals surface area contributed by atoms with Crippen LogP contribution in [0, 0.1) is 10.6 Å². The van der Waals surface area contributed by atoms with Crippen molar-refractivity contribution in [1.29, 1.82) is 0 Å². The first-order valence-corrected chi connectivity index (χ1v) is 11.5. The van der Waals surface area contributed by atoms with Crippen molar-refractivity contribution in [2.45, 2.75) is 64.6 Å². The van der Waals surface area contributed by atoms with Crippen LogP contribution >= 0.6 is 12.2 Å². The zero-order valence-corrected chi connectivity index (χ0v) is 20.4. The summed E-state index contributed by atoms with van der Waals surface area (Å²) in [5, 5.41) is 6.49. The molecule has 1 amide bonds. The SMILES string of the molecule is CC(=O)Nc1cc(-c2c(-c3ccc(F)cc3)[nH]c(=S)n2C2CC(C)(C)NC(C)(C)C2)ccn1. The van der Waals surface area contributed by atoms with Gasteiger partial charge in [-0.1, -0.05) is 0 Å². The van der Waals surface area contributed by atoms with Crippen molar-refractivity contribution in [2.75, 3.05) is 5.32 Å². The molecule has 1 saturated heterocycles. The number of aromatic nitrogens is 3. The van der Waals surface area contributed by atoms with Crippen LogP contribution in [0.15, 0.2) is 42.6 Å². The van der Waals surface area contributed by atoms with E-state index in [1.165, 1.54) is 19.1 Å². The number of imidazole rings is 1. The molecular formula is C25H30FN5OS. The maximum absolute atomic E-state index is 13.7. The van der Waals surface area contributed by atoms with Gasteiger partial charge in [0.25, 0.3) is 0 Å². The predicted molar refractivity (Wildman–Crippen MR) is 132 cm³/mol. The van der Waals surface area contributed by atoms with E-state index in [2.05, 4.69) is 52.9 Å². The third-order valence-electron chi connectivity index (χ3n) is 5.93. The van der Waals surface area contributed by atoms with E-state index in [1.807, 2.05) is 12.1 Å². The second-order valence-corrected chi connectivity index (χ2v) is 10.5. The number of carbonyl (C=O) groups excluding carboxylic acids is 1. The van der Waals surface area contributed by atoms with Crippen molar-refractivity contribution in [1.82, 2.24) is 19.9 Å². The van der Waals surface area contributed by atoms with Gasteiger partial charge in [-0.25, -0.2) is 9.37 Å². The lowest BCUT2D eigenvalue weighted by atomic mass is 9.79. The number of halogens is 1. The Morgan fingerprint density at radius 2 is 1.76 bits per heavy atom. The molecule has 6 nitrogen and oxygen atoms in total. The molecule has 174 valence electrons. The lowest BCUT2D eigenvalue weighted by Gasteiger charge is -2.47. The average molecular weight is 468 g/mol. The number of rotatable bonds is 4. The van der Waals surface area contributed by atoms with Crippen LogP contribution in [0.1, 0.15) is 53.5 Å². The highest BCUT2D eigenvalue weighted by atomic mass is 32.1. The molecule has 1 aromatic carbocycles. The van der Waals surface area contributed by atoms with Gasteiger partial charge < -0.3 is 20.2 Å². The van der Waals surface area contributed by atoms with Gasteiger partial charge in [-0.15, -0.1) is 0 Å². The lowest BCUT2D eigenvalue weighted by Crippen LogP contribution is -2.58. The average Bonchev–Trinajstić information content (AvgIpc) is 3.03. The molecular weight excluding hydrogens is 437 g/mol. The minimum absolute atomic E-state index is 0.0780. The Morgan fingerprint density at radius 1 is 1.12 bits per heavy atom. The van der Waals surface area contributed by atoms with E-state index < -0.39 is 0 Å². The van der Waals surface area contributed by atoms with E-state index in [4.69, 9.17) is 12.2 Å². The Kier molecular flexibility index (Phi) is 6.01. The molecule has 1 fully saturated rings. The fourth-order valence-electron chi connectivity index (χ4n) is 5.18. The van der Waals surface area contributed by atoms with Crippen LogP contribution in [-0.4, -0.2) is 31.5 Å². The molecule has 3 N–H and O–H groups in total. The second kappa shape index (κ2) is 8.50. The van der Waals surface area contributed by atoms with Crippen molar-refractivity contribution >= 4 is 23.9 Å². The molecule has 0 spiro atoms. The molecule has 2 aromatic heterocycles. The molecule has 0 aliphatic carbocycles. The van der Waals surface area contributed by atoms with Crippen molar-refractivity contribution < 1.29 is 9.18 Å². The van der Waals surface area contributed by atoms with Crippen LogP contribution in [0.4, 0.5) is 10.2 Å². The largest absolute Gasteiger partial charge is 0.330 e. The normalized spacial score (nSPS) is 17.6. The molecule has 33 heavy (non-hydrogen) atoms. The van der Waals surface area contributed by atoms with E-state index in [1.54, 1.807) is 18.3 Å². The van der Waals surface area contributed by atoms with Gasteiger partial charge in [0.1, 0.15) is 11.6 Å². The van der Waals surface area contributed by atoms with E-state index in [9.17, 15) is 9.18 Å². The van der Waals surface area contributed by atoms with Gasteiger partial charge in [-0.2, -0.15) is 0 Å². The topological polar surface area (TPSA) is 74.7 Å². The summed E-state index contributed by atoms with van der Waals surface area (Å²) in [5.41, 5.74) is 3.26. The van der Waals surface area contributed by atoms with E-state index in [0.29, 0.717) is 10.6 Å². The van der Waals surface area contributed by atoms with Gasteiger partial charge in [0.15, 0.2) is 4.77 Å². The van der Waals surface area contributed by atoms with Gasteiger partial charge in [0, 0.05) is 41.4 Å². The fraction of sp³-hybridized carbons (Fsp3) is 0.400. The number of nitrogens with zero attached hydrogens (tertiary/aromatic N) is 2. The molecule has 0 atom stereocenters. The number of benzene rings is 1. The van der Waals surface area contributed by atoms with Gasteiger partial charge in [0.05, 0.1) is 11.4 Å². The summed E-state index contributed by atoms with van der Waals surface area (Å²) in [6.45, 7) is 10.3. The van der Waals surface area contributed by atoms with Crippen molar-refractivity contribution in [3.8, 4) is 22.5 Å². The molecule has 3 heterocycles. The van der Waals surface area contributed by atoms with Crippen LogP contribution < -0.4 is 10.6 Å². The summed E-state index contributed by atoms with van der Waals surface area (Å²) >= 11 is 5.85. The molecule has 1 aliphatic heterocycles. The lowest BCUT2D eigenvalue weighted by molar-refractivity contribution is -0.114. The van der Waals surface area contributed by atoms with Crippen LogP contribution in [0.3, 0.4) is 0 Å². The van der Waals surface area contributed by atoms with Gasteiger partial charge in [-0.3, -0.25) is 4.79 Å². The number of amides is 1. The van der Waals surface area contributed by atoms with Gasteiger partial charge >= 0.3 is 0 Å². The molecule has 0 bridgehead atoms. The highest BCUT2D eigenvalue weighted by Gasteiger charge is 2.39. The molecule has 1 aliphatic rings. The number of anilines is 1. The summed E-state index contributed by atoms with van der Waals surface area (Å²) in [6.07, 6.45) is 3.45. The minimum atomic E-state index is -0.294. The Labute approximate surface area is 198 Å². The highest BCUT2D eigenvalue weighted by Crippen LogP contribution is 2.41. The van der Waals surface area contributed by atoms with Gasteiger partial charge in [0.2, 0.25) is 5.91 Å². The molecule has 4 rings (SSSR count). The molecule has 0 radical (unpaired) electrons. The Hall–Kier alpha value is -2.84. The van der Waals surface area contributed by atoms with E-state index in [0.717, 1.165) is 35.4 Å². The van der Waals surface area contributed by atoms with Crippen LogP contribution in [0.2, 0.25) is 0 Å². The third kappa shape index (κ3) is 5.07. The fourth-order valence-corrected chi connectivity index (χ4v) is 5.53. The van der Waals surface area contributed by atoms with Crippen LogP contribution in [0.5, 0.6) is 0 Å². The monoisotopic (exact) mass is 467 g/mol. The molecule has 0 unspecified atom stereocenters. The molecule has 3 aromatic rings. The smallest absolute Gasteiger partial charge is 0.222 e. The van der Waals surface area contributed by atoms with Crippen molar-refractivity contribution in [2.24, 2.45) is 0 Å². The quantitative estimate of drug-likeness (QED) is 0.421. The van der Waals surface area contributed by atoms with E-state index in [-0.39, 0.29) is 28.8 Å².